The van der Waals surface area contributed by atoms with Crippen LogP contribution in [0.2, 0.25) is 0 Å². The molecule has 0 fully saturated rings. The summed E-state index contributed by atoms with van der Waals surface area (Å²) < 4.78 is 31.5. The number of nitrogens with one attached hydrogen (secondary N) is 1. The Hall–Kier alpha value is -3.10. The molecule has 7 nitrogen and oxygen atoms in total. The molecule has 0 aliphatic carbocycles. The lowest BCUT2D eigenvalue weighted by Gasteiger charge is -2.11. The number of nitrogen functional groups attached to an aromatic ring is 1. The van der Waals surface area contributed by atoms with E-state index in [2.05, 4.69) is 5.32 Å². The number of aromatic hydroxyl groups is 1. The van der Waals surface area contributed by atoms with Crippen LogP contribution in [0.5, 0.6) is 5.75 Å². The van der Waals surface area contributed by atoms with Gasteiger partial charge in [0, 0.05) is 16.6 Å². The number of benzene rings is 3. The molecular formula is C18H16N2O5S. The maximum absolute atomic E-state index is 12.4. The predicted octanol–water partition coefficient (Wildman–Crippen LogP) is 2.94. The lowest BCUT2D eigenvalue weighted by atomic mass is 10.1. The van der Waals surface area contributed by atoms with Crippen LogP contribution >= 0.6 is 0 Å². The summed E-state index contributed by atoms with van der Waals surface area (Å²) in [7, 11) is -4.34. The lowest BCUT2D eigenvalue weighted by Crippen LogP contribution is -2.12. The summed E-state index contributed by atoms with van der Waals surface area (Å²) in [6.07, 6.45) is 0. The smallest absolute Gasteiger partial charge is 0.294 e. The van der Waals surface area contributed by atoms with Crippen LogP contribution in [0.25, 0.3) is 10.8 Å². The van der Waals surface area contributed by atoms with Gasteiger partial charge in [-0.1, -0.05) is 12.1 Å². The minimum Gasteiger partial charge on any atom is -0.505 e. The van der Waals surface area contributed by atoms with Crippen LogP contribution in [0, 0.1) is 6.92 Å². The molecule has 26 heavy (non-hydrogen) atoms. The van der Waals surface area contributed by atoms with E-state index in [1.807, 2.05) is 6.92 Å². The Labute approximate surface area is 149 Å². The second-order valence-electron chi connectivity index (χ2n) is 5.85. The quantitative estimate of drug-likeness (QED) is 0.318. The second-order valence-corrected chi connectivity index (χ2v) is 7.27. The molecule has 0 aromatic heterocycles. The van der Waals surface area contributed by atoms with E-state index in [1.165, 1.54) is 30.3 Å². The topological polar surface area (TPSA) is 130 Å². The number of rotatable bonds is 3. The number of phenolic OH excluding ortho intramolecular Hbond substituents is 1. The number of nitrogens with two attached hydrogens (primary N) is 1. The van der Waals surface area contributed by atoms with Crippen molar-refractivity contribution in [1.29, 1.82) is 0 Å². The average molecular weight is 372 g/mol. The van der Waals surface area contributed by atoms with Gasteiger partial charge in [-0.25, -0.2) is 0 Å². The average Bonchev–Trinajstić information content (AvgIpc) is 2.58. The van der Waals surface area contributed by atoms with Crippen molar-refractivity contribution in [2.75, 3.05) is 11.1 Å². The number of hydrogen-bond donors (Lipinski definition) is 4. The Morgan fingerprint density at radius 2 is 1.81 bits per heavy atom. The van der Waals surface area contributed by atoms with E-state index in [0.717, 1.165) is 5.56 Å². The second kappa shape index (κ2) is 6.32. The van der Waals surface area contributed by atoms with Gasteiger partial charge in [0.05, 0.1) is 10.6 Å². The van der Waals surface area contributed by atoms with Gasteiger partial charge in [-0.2, -0.15) is 8.42 Å². The van der Waals surface area contributed by atoms with E-state index in [1.54, 1.807) is 18.2 Å². The van der Waals surface area contributed by atoms with E-state index in [0.29, 0.717) is 22.0 Å². The molecular weight excluding hydrogens is 356 g/mol. The van der Waals surface area contributed by atoms with Crippen LogP contribution in [-0.2, 0) is 10.1 Å². The summed E-state index contributed by atoms with van der Waals surface area (Å²) in [5, 5.41) is 13.7. The SMILES string of the molecule is Cc1ccc(C(=O)Nc2ccc3cc(S(=O)(=O)O)ccc3c2O)cc1N. The molecule has 5 N–H and O–H groups in total. The van der Waals surface area contributed by atoms with Gasteiger partial charge in [-0.15, -0.1) is 0 Å². The number of carbonyl (C=O) groups is 1. The van der Waals surface area contributed by atoms with Gasteiger partial charge in [0.25, 0.3) is 16.0 Å². The van der Waals surface area contributed by atoms with Crippen LogP contribution in [0.3, 0.4) is 0 Å². The van der Waals surface area contributed by atoms with Gasteiger partial charge in [-0.05, 0) is 54.3 Å². The van der Waals surface area contributed by atoms with Crippen molar-refractivity contribution in [1.82, 2.24) is 0 Å². The Balaban J connectivity index is 1.97. The highest BCUT2D eigenvalue weighted by Crippen LogP contribution is 2.34. The zero-order valence-electron chi connectivity index (χ0n) is 13.7. The van der Waals surface area contributed by atoms with Gasteiger partial charge in [0.1, 0.15) is 5.75 Å². The maximum Gasteiger partial charge on any atom is 0.294 e. The van der Waals surface area contributed by atoms with Gasteiger partial charge in [0.15, 0.2) is 0 Å². The van der Waals surface area contributed by atoms with E-state index >= 15 is 0 Å². The normalized spacial score (nSPS) is 11.5. The van der Waals surface area contributed by atoms with Crippen molar-refractivity contribution in [3.63, 3.8) is 0 Å². The first-order valence-corrected chi connectivity index (χ1v) is 9.01. The number of anilines is 2. The molecule has 3 rings (SSSR count). The number of amides is 1. The van der Waals surface area contributed by atoms with Crippen molar-refractivity contribution in [3.05, 3.63) is 59.7 Å². The number of hydrogen-bond acceptors (Lipinski definition) is 5. The van der Waals surface area contributed by atoms with Gasteiger partial charge in [0.2, 0.25) is 0 Å². The highest BCUT2D eigenvalue weighted by Gasteiger charge is 2.15. The van der Waals surface area contributed by atoms with Crippen molar-refractivity contribution >= 4 is 38.2 Å². The van der Waals surface area contributed by atoms with Crippen molar-refractivity contribution < 1.29 is 22.9 Å². The molecule has 3 aromatic rings. The molecule has 0 atom stereocenters. The minimum absolute atomic E-state index is 0.168. The molecule has 0 heterocycles. The number of carbonyl (C=O) groups excluding carboxylic acids is 1. The monoisotopic (exact) mass is 372 g/mol. The van der Waals surface area contributed by atoms with E-state index in [9.17, 15) is 18.3 Å². The molecule has 0 bridgehead atoms. The number of aryl methyl sites for hydroxylation is 1. The molecule has 0 aliphatic heterocycles. The van der Waals surface area contributed by atoms with Gasteiger partial charge in [-0.3, -0.25) is 9.35 Å². The van der Waals surface area contributed by atoms with Crippen LogP contribution in [0.15, 0.2) is 53.4 Å². The van der Waals surface area contributed by atoms with Crippen LogP contribution in [0.4, 0.5) is 11.4 Å². The molecule has 0 unspecified atom stereocenters. The summed E-state index contributed by atoms with van der Waals surface area (Å²) >= 11 is 0. The fraction of sp³-hybridized carbons (Fsp3) is 0.0556. The third-order valence-corrected chi connectivity index (χ3v) is 4.90. The molecule has 0 saturated carbocycles. The Kier molecular flexibility index (Phi) is 4.31. The van der Waals surface area contributed by atoms with E-state index in [4.69, 9.17) is 10.3 Å². The number of fused-ring (bicyclic) bond motifs is 1. The third kappa shape index (κ3) is 3.32. The molecule has 0 radical (unpaired) electrons. The molecule has 134 valence electrons. The van der Waals surface area contributed by atoms with Crippen LogP contribution in [-0.4, -0.2) is 24.0 Å². The Morgan fingerprint density at radius 1 is 1.08 bits per heavy atom. The summed E-state index contributed by atoms with van der Waals surface area (Å²) in [5.74, 6) is -0.654. The summed E-state index contributed by atoms with van der Waals surface area (Å²) in [6.45, 7) is 1.83. The first kappa shape index (κ1) is 17.7. The largest absolute Gasteiger partial charge is 0.505 e. The summed E-state index contributed by atoms with van der Waals surface area (Å²) in [4.78, 5) is 12.1. The van der Waals surface area contributed by atoms with Gasteiger partial charge < -0.3 is 16.2 Å². The minimum atomic E-state index is -4.34. The van der Waals surface area contributed by atoms with Gasteiger partial charge >= 0.3 is 0 Å². The van der Waals surface area contributed by atoms with Crippen LogP contribution in [0.1, 0.15) is 15.9 Å². The Bertz CT molecular complexity index is 1140. The zero-order chi connectivity index (χ0) is 19.1. The highest BCUT2D eigenvalue weighted by atomic mass is 32.2. The summed E-state index contributed by atoms with van der Waals surface area (Å²) in [6, 6.07) is 11.6. The molecule has 3 aromatic carbocycles. The predicted molar refractivity (Wildman–Crippen MR) is 99.0 cm³/mol. The molecule has 0 saturated heterocycles. The highest BCUT2D eigenvalue weighted by molar-refractivity contribution is 7.85. The third-order valence-electron chi connectivity index (χ3n) is 4.05. The molecule has 0 spiro atoms. The van der Waals surface area contributed by atoms with E-state index in [-0.39, 0.29) is 16.3 Å². The van der Waals surface area contributed by atoms with Crippen molar-refractivity contribution in [3.8, 4) is 5.75 Å². The fourth-order valence-corrected chi connectivity index (χ4v) is 3.04. The number of phenols is 1. The maximum atomic E-state index is 12.4. The fourth-order valence-electron chi connectivity index (χ4n) is 2.53. The standard InChI is InChI=1S/C18H16N2O5S/c1-10-2-3-12(9-15(10)19)18(22)20-16-7-4-11-8-13(26(23,24)25)5-6-14(11)17(16)21/h2-9,21H,19H2,1H3,(H,20,22)(H,23,24,25). The lowest BCUT2D eigenvalue weighted by molar-refractivity contribution is 0.102. The molecule has 0 aliphatic rings. The first-order valence-electron chi connectivity index (χ1n) is 7.57. The molecule has 8 heteroatoms. The Morgan fingerprint density at radius 3 is 2.46 bits per heavy atom. The van der Waals surface area contributed by atoms with Crippen molar-refractivity contribution in [2.24, 2.45) is 0 Å². The molecule has 1 amide bonds. The van der Waals surface area contributed by atoms with Crippen molar-refractivity contribution in [2.45, 2.75) is 11.8 Å². The first-order chi connectivity index (χ1) is 12.2. The zero-order valence-corrected chi connectivity index (χ0v) is 14.5. The van der Waals surface area contributed by atoms with E-state index < -0.39 is 16.0 Å². The summed E-state index contributed by atoms with van der Waals surface area (Å²) in [5.41, 5.74) is 7.65. The van der Waals surface area contributed by atoms with Crippen LogP contribution < -0.4 is 11.1 Å².